The highest BCUT2D eigenvalue weighted by molar-refractivity contribution is 5.92. The van der Waals surface area contributed by atoms with Crippen LogP contribution in [0.25, 0.3) is 0 Å². The molecule has 0 radical (unpaired) electrons. The fourth-order valence-corrected chi connectivity index (χ4v) is 3.09. The van der Waals surface area contributed by atoms with Crippen molar-refractivity contribution < 1.29 is 9.47 Å². The molecule has 0 saturated carbocycles. The summed E-state index contributed by atoms with van der Waals surface area (Å²) in [4.78, 5) is 4.42. The third kappa shape index (κ3) is 3.45. The van der Waals surface area contributed by atoms with Gasteiger partial charge in [-0.05, 0) is 48.6 Å². The molecule has 0 saturated heterocycles. The first kappa shape index (κ1) is 16.2. The number of para-hydroxylation sites is 1. The van der Waals surface area contributed by atoms with Gasteiger partial charge in [-0.3, -0.25) is 0 Å². The van der Waals surface area contributed by atoms with Gasteiger partial charge in [0.1, 0.15) is 0 Å². The van der Waals surface area contributed by atoms with Crippen molar-refractivity contribution in [1.29, 1.82) is 0 Å². The van der Waals surface area contributed by atoms with Crippen molar-refractivity contribution in [1.82, 2.24) is 0 Å². The van der Waals surface area contributed by atoms with Crippen LogP contribution in [-0.4, -0.2) is 20.2 Å². The second-order valence-corrected chi connectivity index (χ2v) is 5.82. The molecular formula is C19H23N3O2. The van der Waals surface area contributed by atoms with Gasteiger partial charge in [0.2, 0.25) is 0 Å². The number of nitrogens with zero attached hydrogens (tertiary/aromatic N) is 1. The van der Waals surface area contributed by atoms with E-state index in [1.165, 1.54) is 24.0 Å². The molecule has 0 amide bonds. The number of aryl methyl sites for hydroxylation is 2. The Morgan fingerprint density at radius 1 is 1.12 bits per heavy atom. The number of benzene rings is 2. The number of fused-ring (bicyclic) bond motifs is 1. The predicted octanol–water partition coefficient (Wildman–Crippen LogP) is 3.12. The quantitative estimate of drug-likeness (QED) is 0.654. The second-order valence-electron chi connectivity index (χ2n) is 5.82. The van der Waals surface area contributed by atoms with E-state index < -0.39 is 0 Å². The van der Waals surface area contributed by atoms with E-state index >= 15 is 0 Å². The summed E-state index contributed by atoms with van der Waals surface area (Å²) in [5.41, 5.74) is 10.8. The summed E-state index contributed by atoms with van der Waals surface area (Å²) in [6.07, 6.45) is 3.55. The van der Waals surface area contributed by atoms with E-state index in [1.54, 1.807) is 14.2 Å². The lowest BCUT2D eigenvalue weighted by Crippen LogP contribution is -2.22. The van der Waals surface area contributed by atoms with E-state index in [9.17, 15) is 0 Å². The third-order valence-electron chi connectivity index (χ3n) is 4.28. The first-order valence-electron chi connectivity index (χ1n) is 8.10. The Morgan fingerprint density at radius 3 is 2.75 bits per heavy atom. The number of rotatable bonds is 5. The topological polar surface area (TPSA) is 68.9 Å². The van der Waals surface area contributed by atoms with Crippen molar-refractivity contribution in [2.24, 2.45) is 10.7 Å². The number of ether oxygens (including phenoxy) is 2. The molecule has 0 bridgehead atoms. The van der Waals surface area contributed by atoms with Crippen LogP contribution in [0.4, 0.5) is 5.69 Å². The van der Waals surface area contributed by atoms with Gasteiger partial charge in [-0.2, -0.15) is 0 Å². The molecule has 1 aliphatic rings. The zero-order valence-corrected chi connectivity index (χ0v) is 14.1. The van der Waals surface area contributed by atoms with Crippen molar-refractivity contribution in [2.45, 2.75) is 25.8 Å². The number of hydrogen-bond donors (Lipinski definition) is 2. The van der Waals surface area contributed by atoms with Gasteiger partial charge in [0.05, 0.1) is 20.8 Å². The molecule has 0 aliphatic heterocycles. The van der Waals surface area contributed by atoms with Crippen LogP contribution >= 0.6 is 0 Å². The molecule has 1 aliphatic carbocycles. The standard InChI is InChI=1S/C19H23N3O2/c1-23-17-8-4-7-15(18(17)24-2)12-21-19(20)22-16-10-9-13-5-3-6-14(13)11-16/h4,7-11H,3,5-6,12H2,1-2H3,(H3,20,21,22). The Balaban J connectivity index is 1.71. The van der Waals surface area contributed by atoms with E-state index in [2.05, 4.69) is 28.5 Å². The number of methoxy groups -OCH3 is 2. The Bertz CT molecular complexity index is 756. The molecule has 5 nitrogen and oxygen atoms in total. The van der Waals surface area contributed by atoms with Crippen LogP contribution in [0.5, 0.6) is 11.5 Å². The van der Waals surface area contributed by atoms with Crippen LogP contribution < -0.4 is 20.5 Å². The SMILES string of the molecule is COc1cccc(CN=C(N)Nc2ccc3c(c2)CCC3)c1OC. The van der Waals surface area contributed by atoms with Crippen LogP contribution in [0.15, 0.2) is 41.4 Å². The Hall–Kier alpha value is -2.69. The van der Waals surface area contributed by atoms with Crippen LogP contribution in [-0.2, 0) is 19.4 Å². The molecule has 3 rings (SSSR count). The van der Waals surface area contributed by atoms with Crippen LogP contribution in [0.3, 0.4) is 0 Å². The molecule has 126 valence electrons. The van der Waals surface area contributed by atoms with Gasteiger partial charge in [0.15, 0.2) is 17.5 Å². The van der Waals surface area contributed by atoms with Gasteiger partial charge < -0.3 is 20.5 Å². The number of nitrogens with two attached hydrogens (primary N) is 1. The number of guanidine groups is 1. The highest BCUT2D eigenvalue weighted by atomic mass is 16.5. The van der Waals surface area contributed by atoms with Gasteiger partial charge in [0.25, 0.3) is 0 Å². The first-order valence-corrected chi connectivity index (χ1v) is 8.10. The number of anilines is 1. The molecule has 0 spiro atoms. The van der Waals surface area contributed by atoms with Crippen LogP contribution in [0.1, 0.15) is 23.1 Å². The van der Waals surface area contributed by atoms with Crippen molar-refractivity contribution in [3.8, 4) is 11.5 Å². The Labute approximate surface area is 142 Å². The fourth-order valence-electron chi connectivity index (χ4n) is 3.09. The number of hydrogen-bond acceptors (Lipinski definition) is 3. The van der Waals surface area contributed by atoms with Crippen molar-refractivity contribution in [3.63, 3.8) is 0 Å². The lowest BCUT2D eigenvalue weighted by Gasteiger charge is -2.12. The Morgan fingerprint density at radius 2 is 1.96 bits per heavy atom. The molecule has 2 aromatic rings. The summed E-state index contributed by atoms with van der Waals surface area (Å²) in [5, 5.41) is 3.16. The van der Waals surface area contributed by atoms with Crippen LogP contribution in [0, 0.1) is 0 Å². The second kappa shape index (κ2) is 7.25. The molecule has 0 unspecified atom stereocenters. The van der Waals surface area contributed by atoms with E-state index in [-0.39, 0.29) is 0 Å². The third-order valence-corrected chi connectivity index (χ3v) is 4.28. The van der Waals surface area contributed by atoms with Crippen molar-refractivity contribution in [2.75, 3.05) is 19.5 Å². The van der Waals surface area contributed by atoms with Gasteiger partial charge in [-0.25, -0.2) is 4.99 Å². The van der Waals surface area contributed by atoms with E-state index in [0.717, 1.165) is 17.7 Å². The largest absolute Gasteiger partial charge is 0.493 e. The average molecular weight is 325 g/mol. The molecule has 0 fully saturated rings. The average Bonchev–Trinajstić information content (AvgIpc) is 3.07. The Kier molecular flexibility index (Phi) is 4.89. The molecule has 0 atom stereocenters. The van der Waals surface area contributed by atoms with Gasteiger partial charge >= 0.3 is 0 Å². The molecule has 3 N–H and O–H groups in total. The predicted molar refractivity (Wildman–Crippen MR) is 97.0 cm³/mol. The monoisotopic (exact) mass is 325 g/mol. The van der Waals surface area contributed by atoms with Gasteiger partial charge in [-0.15, -0.1) is 0 Å². The molecule has 0 aromatic heterocycles. The summed E-state index contributed by atoms with van der Waals surface area (Å²) >= 11 is 0. The summed E-state index contributed by atoms with van der Waals surface area (Å²) in [6, 6.07) is 12.1. The van der Waals surface area contributed by atoms with E-state index in [0.29, 0.717) is 24.0 Å². The summed E-state index contributed by atoms with van der Waals surface area (Å²) in [6.45, 7) is 0.421. The maximum atomic E-state index is 6.03. The minimum atomic E-state index is 0.387. The zero-order chi connectivity index (χ0) is 16.9. The summed E-state index contributed by atoms with van der Waals surface area (Å²) in [7, 11) is 3.24. The zero-order valence-electron chi connectivity index (χ0n) is 14.1. The molecular weight excluding hydrogens is 302 g/mol. The number of aliphatic imine (C=N–C) groups is 1. The summed E-state index contributed by atoms with van der Waals surface area (Å²) < 4.78 is 10.7. The minimum absolute atomic E-state index is 0.387. The smallest absolute Gasteiger partial charge is 0.193 e. The maximum Gasteiger partial charge on any atom is 0.193 e. The maximum absolute atomic E-state index is 6.03. The van der Waals surface area contributed by atoms with Crippen LogP contribution in [0.2, 0.25) is 0 Å². The molecule has 5 heteroatoms. The molecule has 24 heavy (non-hydrogen) atoms. The lowest BCUT2D eigenvalue weighted by molar-refractivity contribution is 0.352. The minimum Gasteiger partial charge on any atom is -0.493 e. The first-order chi connectivity index (χ1) is 11.7. The normalized spacial score (nSPS) is 13.5. The highest BCUT2D eigenvalue weighted by Crippen LogP contribution is 2.31. The van der Waals surface area contributed by atoms with Crippen molar-refractivity contribution >= 4 is 11.6 Å². The molecule has 2 aromatic carbocycles. The van der Waals surface area contributed by atoms with E-state index in [1.807, 2.05) is 18.2 Å². The number of nitrogens with one attached hydrogen (secondary N) is 1. The van der Waals surface area contributed by atoms with Gasteiger partial charge in [0, 0.05) is 11.3 Å². The molecule has 0 heterocycles. The van der Waals surface area contributed by atoms with Crippen molar-refractivity contribution in [3.05, 3.63) is 53.1 Å². The lowest BCUT2D eigenvalue weighted by atomic mass is 10.1. The summed E-state index contributed by atoms with van der Waals surface area (Å²) in [5.74, 6) is 1.77. The fraction of sp³-hybridized carbons (Fsp3) is 0.316. The van der Waals surface area contributed by atoms with Gasteiger partial charge in [-0.1, -0.05) is 18.2 Å². The van der Waals surface area contributed by atoms with E-state index in [4.69, 9.17) is 15.2 Å². The highest BCUT2D eigenvalue weighted by Gasteiger charge is 2.11.